The summed E-state index contributed by atoms with van der Waals surface area (Å²) < 4.78 is 9.08. The standard InChI is InChI=1S/C52H33NOS/c1-2-18-38-34(14-1)15-12-24-41(38)40-20-4-3-19-39(40)35-16-11-17-36(32-35)53(37-30-31-44-43-22-6-9-27-48(43)54-49(44)33-37)47-26-8-5-21-42(47)45-25-13-29-51-52(45)46-23-7-10-28-50(46)55-51/h1-33H. The van der Waals surface area contributed by atoms with E-state index in [1.165, 1.54) is 58.8 Å². The van der Waals surface area contributed by atoms with Crippen LogP contribution in [0.2, 0.25) is 0 Å². The number of nitrogens with zero attached hydrogens (tertiary/aromatic N) is 1. The minimum atomic E-state index is 0.865. The van der Waals surface area contributed by atoms with Crippen LogP contribution < -0.4 is 4.90 Å². The zero-order valence-electron chi connectivity index (χ0n) is 29.8. The van der Waals surface area contributed by atoms with Crippen LogP contribution in [-0.4, -0.2) is 0 Å². The van der Waals surface area contributed by atoms with E-state index in [0.717, 1.165) is 44.6 Å². The topological polar surface area (TPSA) is 16.4 Å². The molecular weight excluding hydrogens is 687 g/mol. The second kappa shape index (κ2) is 12.9. The summed E-state index contributed by atoms with van der Waals surface area (Å²) in [6.45, 7) is 0. The van der Waals surface area contributed by atoms with Crippen molar-refractivity contribution in [2.45, 2.75) is 0 Å². The lowest BCUT2D eigenvalue weighted by Gasteiger charge is -2.28. The van der Waals surface area contributed by atoms with E-state index in [-0.39, 0.29) is 0 Å². The fourth-order valence-electron chi connectivity index (χ4n) is 8.42. The van der Waals surface area contributed by atoms with Crippen molar-refractivity contribution >= 4 is 81.3 Å². The van der Waals surface area contributed by atoms with Crippen LogP contribution in [0.25, 0.3) is 86.3 Å². The molecule has 55 heavy (non-hydrogen) atoms. The van der Waals surface area contributed by atoms with E-state index >= 15 is 0 Å². The van der Waals surface area contributed by atoms with E-state index in [0.29, 0.717) is 0 Å². The zero-order valence-corrected chi connectivity index (χ0v) is 30.6. The summed E-state index contributed by atoms with van der Waals surface area (Å²) in [4.78, 5) is 2.40. The minimum absolute atomic E-state index is 0.865. The molecule has 0 N–H and O–H groups in total. The molecule has 2 heterocycles. The van der Waals surface area contributed by atoms with Crippen molar-refractivity contribution < 1.29 is 4.42 Å². The van der Waals surface area contributed by atoms with Crippen LogP contribution in [0.1, 0.15) is 0 Å². The predicted molar refractivity (Wildman–Crippen MR) is 235 cm³/mol. The molecule has 11 rings (SSSR count). The van der Waals surface area contributed by atoms with Gasteiger partial charge in [-0.2, -0.15) is 0 Å². The summed E-state index contributed by atoms with van der Waals surface area (Å²) in [7, 11) is 0. The summed E-state index contributed by atoms with van der Waals surface area (Å²) in [5.41, 5.74) is 12.1. The number of rotatable bonds is 6. The van der Waals surface area contributed by atoms with E-state index in [2.05, 4.69) is 193 Å². The van der Waals surface area contributed by atoms with Gasteiger partial charge >= 0.3 is 0 Å². The molecule has 0 aliphatic rings. The molecule has 0 amide bonds. The maximum absolute atomic E-state index is 6.49. The van der Waals surface area contributed by atoms with Crippen molar-refractivity contribution in [2.24, 2.45) is 0 Å². The second-order valence-corrected chi connectivity index (χ2v) is 15.1. The van der Waals surface area contributed by atoms with Crippen LogP contribution >= 0.6 is 11.3 Å². The first-order valence-electron chi connectivity index (χ1n) is 18.7. The monoisotopic (exact) mass is 719 g/mol. The van der Waals surface area contributed by atoms with Crippen molar-refractivity contribution in [1.29, 1.82) is 0 Å². The maximum atomic E-state index is 6.49. The molecule has 258 valence electrons. The lowest BCUT2D eigenvalue weighted by Crippen LogP contribution is -2.11. The summed E-state index contributed by atoms with van der Waals surface area (Å²) in [6, 6.07) is 72.2. The molecule has 0 saturated carbocycles. The summed E-state index contributed by atoms with van der Waals surface area (Å²) >= 11 is 1.85. The Hall–Kier alpha value is -6.94. The summed E-state index contributed by atoms with van der Waals surface area (Å²) in [5, 5.41) is 7.30. The van der Waals surface area contributed by atoms with E-state index in [4.69, 9.17) is 4.42 Å². The Labute approximate surface area is 322 Å². The fourth-order valence-corrected chi connectivity index (χ4v) is 9.55. The minimum Gasteiger partial charge on any atom is -0.456 e. The fraction of sp³-hybridized carbons (Fsp3) is 0. The highest BCUT2D eigenvalue weighted by Gasteiger charge is 2.22. The van der Waals surface area contributed by atoms with Gasteiger partial charge in [0.25, 0.3) is 0 Å². The van der Waals surface area contributed by atoms with Gasteiger partial charge in [-0.25, -0.2) is 0 Å². The number of thiophene rings is 1. The van der Waals surface area contributed by atoms with Gasteiger partial charge < -0.3 is 9.32 Å². The largest absolute Gasteiger partial charge is 0.456 e. The third kappa shape index (κ3) is 5.24. The third-order valence-electron chi connectivity index (χ3n) is 10.9. The molecule has 2 nitrogen and oxygen atoms in total. The summed E-state index contributed by atoms with van der Waals surface area (Å²) in [6.07, 6.45) is 0. The van der Waals surface area contributed by atoms with E-state index in [1.807, 2.05) is 23.5 Å². The van der Waals surface area contributed by atoms with Crippen molar-refractivity contribution in [3.05, 3.63) is 200 Å². The first kappa shape index (κ1) is 31.6. The molecule has 0 unspecified atom stereocenters. The smallest absolute Gasteiger partial charge is 0.137 e. The molecular formula is C52H33NOS. The molecule has 0 radical (unpaired) electrons. The first-order valence-corrected chi connectivity index (χ1v) is 19.5. The molecule has 0 aliphatic heterocycles. The number of furan rings is 1. The van der Waals surface area contributed by atoms with Gasteiger partial charge in [0.1, 0.15) is 11.2 Å². The molecule has 3 heteroatoms. The van der Waals surface area contributed by atoms with Crippen LogP contribution in [0.5, 0.6) is 0 Å². The Morgan fingerprint density at radius 1 is 0.364 bits per heavy atom. The second-order valence-electron chi connectivity index (χ2n) is 14.0. The highest BCUT2D eigenvalue weighted by molar-refractivity contribution is 7.25. The zero-order chi connectivity index (χ0) is 36.3. The van der Waals surface area contributed by atoms with Crippen LogP contribution in [-0.2, 0) is 0 Å². The van der Waals surface area contributed by atoms with Gasteiger partial charge in [-0.3, -0.25) is 0 Å². The van der Waals surface area contributed by atoms with Crippen molar-refractivity contribution in [3.63, 3.8) is 0 Å². The average Bonchev–Trinajstić information content (AvgIpc) is 3.82. The van der Waals surface area contributed by atoms with Gasteiger partial charge in [0, 0.05) is 53.9 Å². The molecule has 0 atom stereocenters. The lowest BCUT2D eigenvalue weighted by molar-refractivity contribution is 0.669. The molecule has 0 aliphatic carbocycles. The SMILES string of the molecule is c1cc(-c2ccccc2-c2cccc3ccccc23)cc(N(c2ccc3c(c2)oc2ccccc23)c2ccccc2-c2cccc3sc4ccccc4c23)c1. The van der Waals surface area contributed by atoms with Crippen molar-refractivity contribution in [1.82, 2.24) is 0 Å². The molecule has 0 fully saturated rings. The number of benzene rings is 9. The van der Waals surface area contributed by atoms with Gasteiger partial charge in [0.2, 0.25) is 0 Å². The van der Waals surface area contributed by atoms with E-state index < -0.39 is 0 Å². The number of para-hydroxylation sites is 2. The van der Waals surface area contributed by atoms with E-state index in [1.54, 1.807) is 0 Å². The molecule has 9 aromatic carbocycles. The molecule has 11 aromatic rings. The van der Waals surface area contributed by atoms with Crippen LogP contribution in [0, 0.1) is 0 Å². The highest BCUT2D eigenvalue weighted by atomic mass is 32.1. The Bertz CT molecular complexity index is 3240. The molecule has 0 spiro atoms. The van der Waals surface area contributed by atoms with Gasteiger partial charge in [-0.15, -0.1) is 11.3 Å². The Morgan fingerprint density at radius 3 is 1.91 bits per heavy atom. The third-order valence-corrected chi connectivity index (χ3v) is 12.0. The Morgan fingerprint density at radius 2 is 0.982 bits per heavy atom. The normalized spacial score (nSPS) is 11.6. The quantitative estimate of drug-likeness (QED) is 0.170. The Balaban J connectivity index is 1.14. The van der Waals surface area contributed by atoms with Crippen LogP contribution in [0.15, 0.2) is 205 Å². The van der Waals surface area contributed by atoms with Crippen LogP contribution in [0.3, 0.4) is 0 Å². The number of hydrogen-bond acceptors (Lipinski definition) is 3. The van der Waals surface area contributed by atoms with Gasteiger partial charge in [0.05, 0.1) is 5.69 Å². The van der Waals surface area contributed by atoms with Crippen LogP contribution in [0.4, 0.5) is 17.1 Å². The highest BCUT2D eigenvalue weighted by Crippen LogP contribution is 2.47. The Kier molecular flexibility index (Phi) is 7.39. The lowest BCUT2D eigenvalue weighted by atomic mass is 9.91. The van der Waals surface area contributed by atoms with Gasteiger partial charge in [-0.1, -0.05) is 146 Å². The summed E-state index contributed by atoms with van der Waals surface area (Å²) in [5.74, 6) is 0. The van der Waals surface area contributed by atoms with E-state index in [9.17, 15) is 0 Å². The van der Waals surface area contributed by atoms with Crippen molar-refractivity contribution in [3.8, 4) is 33.4 Å². The maximum Gasteiger partial charge on any atom is 0.137 e. The first-order chi connectivity index (χ1) is 27.3. The number of fused-ring (bicyclic) bond motifs is 7. The van der Waals surface area contributed by atoms with Gasteiger partial charge in [0.15, 0.2) is 0 Å². The number of anilines is 3. The van der Waals surface area contributed by atoms with Crippen molar-refractivity contribution in [2.75, 3.05) is 4.90 Å². The van der Waals surface area contributed by atoms with Gasteiger partial charge in [-0.05, 0) is 87.1 Å². The molecule has 0 bridgehead atoms. The number of hydrogen-bond donors (Lipinski definition) is 0. The molecule has 2 aromatic heterocycles. The molecule has 0 saturated heterocycles. The average molecular weight is 720 g/mol. The predicted octanol–water partition coefficient (Wildman–Crippen LogP) is 15.6.